The van der Waals surface area contributed by atoms with Gasteiger partial charge in [0.1, 0.15) is 0 Å². The molecule has 1 N–H and O–H groups in total. The summed E-state index contributed by atoms with van der Waals surface area (Å²) in [6.07, 6.45) is 5.19. The van der Waals surface area contributed by atoms with Gasteiger partial charge in [0, 0.05) is 23.7 Å². The Hall–Kier alpha value is -0.100. The minimum absolute atomic E-state index is 0.0784. The summed E-state index contributed by atoms with van der Waals surface area (Å²) in [7, 11) is -2.96. The molecule has 0 amide bonds. The second-order valence-electron chi connectivity index (χ2n) is 4.85. The molecule has 0 unspecified atom stereocenters. The maximum Gasteiger partial charge on any atom is 0.151 e. The summed E-state index contributed by atoms with van der Waals surface area (Å²) in [6, 6.07) is 3.94. The van der Waals surface area contributed by atoms with Gasteiger partial charge in [-0.1, -0.05) is 24.4 Å². The second kappa shape index (κ2) is 5.90. The summed E-state index contributed by atoms with van der Waals surface area (Å²) in [4.78, 5) is 1.15. The van der Waals surface area contributed by atoms with Crippen LogP contribution in [0.25, 0.3) is 0 Å². The van der Waals surface area contributed by atoms with Crippen molar-refractivity contribution in [1.82, 2.24) is 5.32 Å². The molecule has 1 heterocycles. The molecule has 6 heteroatoms. The largest absolute Gasteiger partial charge is 0.308 e. The van der Waals surface area contributed by atoms with Crippen LogP contribution < -0.4 is 5.32 Å². The highest BCUT2D eigenvalue weighted by Crippen LogP contribution is 2.26. The van der Waals surface area contributed by atoms with E-state index in [0.717, 1.165) is 34.9 Å². The van der Waals surface area contributed by atoms with Crippen molar-refractivity contribution in [2.75, 3.05) is 6.26 Å². The number of nitrogens with one attached hydrogen (secondary N) is 1. The lowest BCUT2D eigenvalue weighted by Crippen LogP contribution is -2.45. The van der Waals surface area contributed by atoms with E-state index in [-0.39, 0.29) is 11.3 Å². The molecule has 2 rings (SSSR count). The molecule has 1 aliphatic rings. The lowest BCUT2D eigenvalue weighted by atomic mass is 9.95. The minimum Gasteiger partial charge on any atom is -0.308 e. The van der Waals surface area contributed by atoms with Gasteiger partial charge in [0.25, 0.3) is 0 Å². The lowest BCUT2D eigenvalue weighted by molar-refractivity contribution is 0.371. The average molecular weight is 308 g/mol. The molecule has 1 fully saturated rings. The van der Waals surface area contributed by atoms with Crippen LogP contribution in [0.5, 0.6) is 0 Å². The second-order valence-corrected chi connectivity index (χ2v) is 8.91. The van der Waals surface area contributed by atoms with Crippen molar-refractivity contribution >= 4 is 32.8 Å². The van der Waals surface area contributed by atoms with Gasteiger partial charge in [-0.15, -0.1) is 11.3 Å². The Morgan fingerprint density at radius 3 is 2.72 bits per heavy atom. The zero-order chi connectivity index (χ0) is 13.2. The third kappa shape index (κ3) is 3.70. The SMILES string of the molecule is CS(=O)(=O)[C@@H]1CCCC[C@H]1NCc1ccc(Cl)s1. The van der Waals surface area contributed by atoms with Crippen molar-refractivity contribution in [3.8, 4) is 0 Å². The van der Waals surface area contributed by atoms with E-state index in [9.17, 15) is 8.42 Å². The van der Waals surface area contributed by atoms with Crippen molar-refractivity contribution in [2.45, 2.75) is 43.5 Å². The molecule has 1 saturated carbocycles. The molecule has 0 saturated heterocycles. The van der Waals surface area contributed by atoms with Crippen LogP contribution in [0, 0.1) is 0 Å². The summed E-state index contributed by atoms with van der Waals surface area (Å²) in [5, 5.41) is 3.15. The minimum atomic E-state index is -2.96. The van der Waals surface area contributed by atoms with E-state index in [0.29, 0.717) is 6.54 Å². The topological polar surface area (TPSA) is 46.2 Å². The molecule has 102 valence electrons. The van der Waals surface area contributed by atoms with Crippen molar-refractivity contribution < 1.29 is 8.42 Å². The Kier molecular flexibility index (Phi) is 4.69. The summed E-state index contributed by atoms with van der Waals surface area (Å²) in [5.41, 5.74) is 0. The highest BCUT2D eigenvalue weighted by atomic mass is 35.5. The van der Waals surface area contributed by atoms with Crippen molar-refractivity contribution in [3.05, 3.63) is 21.3 Å². The van der Waals surface area contributed by atoms with Crippen molar-refractivity contribution in [3.63, 3.8) is 0 Å². The van der Waals surface area contributed by atoms with Crippen LogP contribution in [0.1, 0.15) is 30.6 Å². The summed E-state index contributed by atoms with van der Waals surface area (Å²) < 4.78 is 24.3. The number of sulfone groups is 1. The Morgan fingerprint density at radius 1 is 1.39 bits per heavy atom. The molecule has 18 heavy (non-hydrogen) atoms. The van der Waals surface area contributed by atoms with Crippen LogP contribution in [0.4, 0.5) is 0 Å². The standard InChI is InChI=1S/C12H18ClNO2S2/c1-18(15,16)11-5-3-2-4-10(11)14-8-9-6-7-12(13)17-9/h6-7,10-11,14H,2-5,8H2,1H3/t10-,11-/m1/s1. The highest BCUT2D eigenvalue weighted by molar-refractivity contribution is 7.91. The fraction of sp³-hybridized carbons (Fsp3) is 0.667. The van der Waals surface area contributed by atoms with Crippen LogP contribution in [0.15, 0.2) is 12.1 Å². The third-order valence-electron chi connectivity index (χ3n) is 3.42. The van der Waals surface area contributed by atoms with E-state index in [1.807, 2.05) is 12.1 Å². The van der Waals surface area contributed by atoms with Gasteiger partial charge in [-0.2, -0.15) is 0 Å². The predicted molar refractivity (Wildman–Crippen MR) is 77.1 cm³/mol. The third-order valence-corrected chi connectivity index (χ3v) is 6.32. The molecule has 1 aromatic rings. The summed E-state index contributed by atoms with van der Waals surface area (Å²) >= 11 is 7.42. The first-order valence-electron chi connectivity index (χ1n) is 6.13. The quantitative estimate of drug-likeness (QED) is 0.930. The van der Waals surface area contributed by atoms with Gasteiger partial charge in [0.05, 0.1) is 9.59 Å². The fourth-order valence-corrected chi connectivity index (χ4v) is 4.98. The Labute approximate surface area is 117 Å². The molecule has 0 aromatic carbocycles. The van der Waals surface area contributed by atoms with Crippen molar-refractivity contribution in [2.24, 2.45) is 0 Å². The lowest BCUT2D eigenvalue weighted by Gasteiger charge is -2.30. The summed E-state index contributed by atoms with van der Waals surface area (Å²) in [5.74, 6) is 0. The predicted octanol–water partition coefficient (Wildman–Crippen LogP) is 2.85. The van der Waals surface area contributed by atoms with E-state index >= 15 is 0 Å². The molecule has 2 atom stereocenters. The van der Waals surface area contributed by atoms with Gasteiger partial charge >= 0.3 is 0 Å². The van der Waals surface area contributed by atoms with Gasteiger partial charge in [-0.25, -0.2) is 8.42 Å². The molecular formula is C12H18ClNO2S2. The van der Waals surface area contributed by atoms with Gasteiger partial charge in [0.2, 0.25) is 0 Å². The number of halogens is 1. The monoisotopic (exact) mass is 307 g/mol. The van der Waals surface area contributed by atoms with Crippen LogP contribution >= 0.6 is 22.9 Å². The van der Waals surface area contributed by atoms with E-state index in [1.54, 1.807) is 0 Å². The molecule has 1 aliphatic carbocycles. The number of rotatable bonds is 4. The first-order chi connectivity index (χ1) is 8.47. The van der Waals surface area contributed by atoms with Crippen LogP contribution in [0.2, 0.25) is 4.34 Å². The van der Waals surface area contributed by atoms with E-state index in [1.165, 1.54) is 17.6 Å². The molecule has 0 spiro atoms. The molecule has 3 nitrogen and oxygen atoms in total. The van der Waals surface area contributed by atoms with Crippen LogP contribution in [-0.2, 0) is 16.4 Å². The maximum atomic E-state index is 11.8. The maximum absolute atomic E-state index is 11.8. The fourth-order valence-electron chi connectivity index (χ4n) is 2.52. The number of hydrogen-bond donors (Lipinski definition) is 1. The number of thiophene rings is 1. The zero-order valence-corrected chi connectivity index (χ0v) is 12.7. The first kappa shape index (κ1) is 14.3. The smallest absolute Gasteiger partial charge is 0.151 e. The number of hydrogen-bond acceptors (Lipinski definition) is 4. The van der Waals surface area contributed by atoms with Gasteiger partial charge in [-0.3, -0.25) is 0 Å². The zero-order valence-electron chi connectivity index (χ0n) is 10.4. The van der Waals surface area contributed by atoms with E-state index in [4.69, 9.17) is 11.6 Å². The molecular weight excluding hydrogens is 290 g/mol. The highest BCUT2D eigenvalue weighted by Gasteiger charge is 2.32. The Morgan fingerprint density at radius 2 is 2.11 bits per heavy atom. The normalized spacial score (nSPS) is 25.2. The van der Waals surface area contributed by atoms with Gasteiger partial charge < -0.3 is 5.32 Å². The van der Waals surface area contributed by atoms with Crippen LogP contribution in [-0.4, -0.2) is 26.0 Å². The Balaban J connectivity index is 1.98. The molecule has 0 radical (unpaired) electrons. The first-order valence-corrected chi connectivity index (χ1v) is 9.28. The van der Waals surface area contributed by atoms with E-state index in [2.05, 4.69) is 5.32 Å². The Bertz CT molecular complexity index is 498. The summed E-state index contributed by atoms with van der Waals surface area (Å²) in [6.45, 7) is 0.702. The van der Waals surface area contributed by atoms with Crippen LogP contribution in [0.3, 0.4) is 0 Å². The molecule has 0 bridgehead atoms. The van der Waals surface area contributed by atoms with Gasteiger partial charge in [0.15, 0.2) is 9.84 Å². The molecule has 1 aromatic heterocycles. The van der Waals surface area contributed by atoms with E-state index < -0.39 is 9.84 Å². The molecule has 0 aliphatic heterocycles. The van der Waals surface area contributed by atoms with Crippen molar-refractivity contribution in [1.29, 1.82) is 0 Å². The average Bonchev–Trinajstić information content (AvgIpc) is 2.72. The van der Waals surface area contributed by atoms with Gasteiger partial charge in [-0.05, 0) is 25.0 Å².